The Bertz CT molecular complexity index is 542. The highest BCUT2D eigenvalue weighted by Crippen LogP contribution is 2.27. The largest absolute Gasteiger partial charge is 0.480 e. The highest BCUT2D eigenvalue weighted by atomic mass is 16.4. The van der Waals surface area contributed by atoms with E-state index in [-0.39, 0.29) is 11.8 Å². The Balaban J connectivity index is 1.84. The van der Waals surface area contributed by atoms with Crippen molar-refractivity contribution in [3.05, 3.63) is 29.8 Å². The van der Waals surface area contributed by atoms with Gasteiger partial charge < -0.3 is 15.3 Å². The number of hydrogen-bond donors (Lipinski definition) is 2. The molecule has 1 atom stereocenters. The fourth-order valence-electron chi connectivity index (χ4n) is 2.83. The Labute approximate surface area is 131 Å². The van der Waals surface area contributed by atoms with E-state index < -0.39 is 12.0 Å². The van der Waals surface area contributed by atoms with Crippen LogP contribution in [0, 0.1) is 5.92 Å². The maximum absolute atomic E-state index is 12.0. The van der Waals surface area contributed by atoms with Gasteiger partial charge in [-0.05, 0) is 30.4 Å². The first kappa shape index (κ1) is 16.3. The van der Waals surface area contributed by atoms with Crippen LogP contribution < -0.4 is 10.2 Å². The van der Waals surface area contributed by atoms with Crippen molar-refractivity contribution in [3.63, 3.8) is 0 Å². The molecule has 1 aromatic carbocycles. The quantitative estimate of drug-likeness (QED) is 0.809. The second-order valence-electron chi connectivity index (χ2n) is 6.20. The van der Waals surface area contributed by atoms with Crippen LogP contribution in [0.2, 0.25) is 0 Å². The van der Waals surface area contributed by atoms with E-state index in [4.69, 9.17) is 5.11 Å². The molecule has 1 aliphatic heterocycles. The average molecular weight is 304 g/mol. The maximum Gasteiger partial charge on any atom is 0.326 e. The van der Waals surface area contributed by atoms with Crippen LogP contribution in [0.25, 0.3) is 0 Å². The number of carbonyl (C=O) groups excluding carboxylic acids is 1. The molecule has 2 N–H and O–H groups in total. The Hall–Kier alpha value is -2.04. The third-order valence-corrected chi connectivity index (χ3v) is 3.93. The zero-order valence-electron chi connectivity index (χ0n) is 13.2. The number of aliphatic carboxylic acids is 1. The number of fused-ring (bicyclic) bond motifs is 1. The number of hydrogen-bond acceptors (Lipinski definition) is 3. The van der Waals surface area contributed by atoms with Crippen LogP contribution in [-0.4, -0.2) is 36.1 Å². The van der Waals surface area contributed by atoms with Crippen molar-refractivity contribution < 1.29 is 14.7 Å². The van der Waals surface area contributed by atoms with Gasteiger partial charge in [-0.15, -0.1) is 0 Å². The molecule has 5 nitrogen and oxygen atoms in total. The third-order valence-electron chi connectivity index (χ3n) is 3.93. The molecule has 1 unspecified atom stereocenters. The number of rotatable bonds is 7. The van der Waals surface area contributed by atoms with Gasteiger partial charge in [0.15, 0.2) is 0 Å². The first-order valence-corrected chi connectivity index (χ1v) is 7.82. The number of carbonyl (C=O) groups is 2. The Morgan fingerprint density at radius 3 is 2.73 bits per heavy atom. The van der Waals surface area contributed by atoms with Crippen molar-refractivity contribution in [3.8, 4) is 0 Å². The van der Waals surface area contributed by atoms with Crippen LogP contribution >= 0.6 is 0 Å². The SMILES string of the molecule is CC(C)CC(NC(=O)CCN1CCc2ccccc21)C(=O)O. The summed E-state index contributed by atoms with van der Waals surface area (Å²) < 4.78 is 0. The molecule has 0 aliphatic carbocycles. The summed E-state index contributed by atoms with van der Waals surface area (Å²) in [6, 6.07) is 7.41. The van der Waals surface area contributed by atoms with E-state index in [1.807, 2.05) is 26.0 Å². The molecule has 0 saturated heterocycles. The minimum Gasteiger partial charge on any atom is -0.480 e. The smallest absolute Gasteiger partial charge is 0.326 e. The summed E-state index contributed by atoms with van der Waals surface area (Å²) in [6.45, 7) is 5.43. The monoisotopic (exact) mass is 304 g/mol. The van der Waals surface area contributed by atoms with Crippen molar-refractivity contribution in [2.75, 3.05) is 18.0 Å². The minimum atomic E-state index is -0.964. The second-order valence-corrected chi connectivity index (χ2v) is 6.20. The third kappa shape index (κ3) is 4.23. The number of anilines is 1. The molecule has 5 heteroatoms. The van der Waals surface area contributed by atoms with E-state index in [0.717, 1.165) is 13.0 Å². The van der Waals surface area contributed by atoms with E-state index in [1.54, 1.807) is 0 Å². The van der Waals surface area contributed by atoms with Gasteiger partial charge in [-0.25, -0.2) is 4.79 Å². The van der Waals surface area contributed by atoms with Crippen molar-refractivity contribution in [1.82, 2.24) is 5.32 Å². The van der Waals surface area contributed by atoms with Crippen molar-refractivity contribution in [2.24, 2.45) is 5.92 Å². The van der Waals surface area contributed by atoms with Crippen molar-refractivity contribution in [1.29, 1.82) is 0 Å². The molecule has 0 saturated carbocycles. The predicted octanol–water partition coefficient (Wildman–Crippen LogP) is 2.05. The molecule has 1 heterocycles. The van der Waals surface area contributed by atoms with Crippen LogP contribution in [0.3, 0.4) is 0 Å². The van der Waals surface area contributed by atoms with Gasteiger partial charge in [0.05, 0.1) is 0 Å². The number of nitrogens with zero attached hydrogens (tertiary/aromatic N) is 1. The molecule has 0 fully saturated rings. The maximum atomic E-state index is 12.0. The normalized spacial score (nSPS) is 14.8. The van der Waals surface area contributed by atoms with Crippen LogP contribution in [-0.2, 0) is 16.0 Å². The van der Waals surface area contributed by atoms with Gasteiger partial charge >= 0.3 is 5.97 Å². The van der Waals surface area contributed by atoms with E-state index in [1.165, 1.54) is 11.3 Å². The molecule has 1 amide bonds. The second kappa shape index (κ2) is 7.29. The van der Waals surface area contributed by atoms with Crippen molar-refractivity contribution in [2.45, 2.75) is 39.2 Å². The van der Waals surface area contributed by atoms with E-state index >= 15 is 0 Å². The summed E-state index contributed by atoms with van der Waals surface area (Å²) in [5.74, 6) is -0.933. The number of benzene rings is 1. The lowest BCUT2D eigenvalue weighted by molar-refractivity contribution is -0.142. The van der Waals surface area contributed by atoms with Crippen molar-refractivity contribution >= 4 is 17.6 Å². The molecule has 0 spiro atoms. The Morgan fingerprint density at radius 1 is 1.32 bits per heavy atom. The van der Waals surface area contributed by atoms with Crippen LogP contribution in [0.4, 0.5) is 5.69 Å². The van der Waals surface area contributed by atoms with Gasteiger partial charge in [0.1, 0.15) is 6.04 Å². The summed E-state index contributed by atoms with van der Waals surface area (Å²) >= 11 is 0. The number of amides is 1. The molecule has 120 valence electrons. The van der Waals surface area contributed by atoms with Gasteiger partial charge in [0, 0.05) is 25.2 Å². The standard InChI is InChI=1S/C17H24N2O3/c1-12(2)11-14(17(21)22)18-16(20)8-10-19-9-7-13-5-3-4-6-15(13)19/h3-6,12,14H,7-11H2,1-2H3,(H,18,20)(H,21,22). The van der Waals surface area contributed by atoms with E-state index in [9.17, 15) is 9.59 Å². The summed E-state index contributed by atoms with van der Waals surface area (Å²) in [5.41, 5.74) is 2.50. The molecule has 0 aromatic heterocycles. The fourth-order valence-corrected chi connectivity index (χ4v) is 2.83. The number of para-hydroxylation sites is 1. The van der Waals surface area contributed by atoms with E-state index in [0.29, 0.717) is 19.4 Å². The topological polar surface area (TPSA) is 69.6 Å². The molecule has 0 radical (unpaired) electrons. The molecule has 1 aliphatic rings. The predicted molar refractivity (Wildman–Crippen MR) is 86.0 cm³/mol. The molecule has 0 bridgehead atoms. The lowest BCUT2D eigenvalue weighted by Crippen LogP contribution is -2.42. The Morgan fingerprint density at radius 2 is 2.05 bits per heavy atom. The van der Waals surface area contributed by atoms with Crippen LogP contribution in [0.1, 0.15) is 32.3 Å². The van der Waals surface area contributed by atoms with Crippen LogP contribution in [0.5, 0.6) is 0 Å². The first-order chi connectivity index (χ1) is 10.5. The summed E-state index contributed by atoms with van der Waals surface area (Å²) in [4.78, 5) is 25.4. The van der Waals surface area contributed by atoms with Gasteiger partial charge in [-0.2, -0.15) is 0 Å². The number of carboxylic acid groups (broad SMARTS) is 1. The summed E-state index contributed by atoms with van der Waals surface area (Å²) in [6.07, 6.45) is 1.77. The molecule has 1 aromatic rings. The fraction of sp³-hybridized carbons (Fsp3) is 0.529. The average Bonchev–Trinajstić information content (AvgIpc) is 2.87. The summed E-state index contributed by atoms with van der Waals surface area (Å²) in [5, 5.41) is 11.8. The molecule has 22 heavy (non-hydrogen) atoms. The van der Waals surface area contributed by atoms with Gasteiger partial charge in [-0.1, -0.05) is 32.0 Å². The van der Waals surface area contributed by atoms with Gasteiger partial charge in [0.25, 0.3) is 0 Å². The zero-order chi connectivity index (χ0) is 16.1. The molecule has 2 rings (SSSR count). The zero-order valence-corrected chi connectivity index (χ0v) is 13.2. The first-order valence-electron chi connectivity index (χ1n) is 7.82. The summed E-state index contributed by atoms with van der Waals surface area (Å²) in [7, 11) is 0. The minimum absolute atomic E-state index is 0.197. The highest BCUT2D eigenvalue weighted by molar-refractivity contribution is 5.83. The van der Waals surface area contributed by atoms with E-state index in [2.05, 4.69) is 22.3 Å². The lowest BCUT2D eigenvalue weighted by atomic mass is 10.0. The molecular weight excluding hydrogens is 280 g/mol. The Kier molecular flexibility index (Phi) is 5.41. The van der Waals surface area contributed by atoms with Crippen LogP contribution in [0.15, 0.2) is 24.3 Å². The highest BCUT2D eigenvalue weighted by Gasteiger charge is 2.22. The van der Waals surface area contributed by atoms with Gasteiger partial charge in [0.2, 0.25) is 5.91 Å². The number of carboxylic acids is 1. The number of nitrogens with one attached hydrogen (secondary N) is 1. The molecular formula is C17H24N2O3. The lowest BCUT2D eigenvalue weighted by Gasteiger charge is -2.20. The van der Waals surface area contributed by atoms with Gasteiger partial charge in [-0.3, -0.25) is 4.79 Å².